The van der Waals surface area contributed by atoms with Crippen LogP contribution in [0.1, 0.15) is 11.5 Å². The highest BCUT2D eigenvalue weighted by Gasteiger charge is 2.20. The lowest BCUT2D eigenvalue weighted by Gasteiger charge is -2.00. The molecule has 120 valence electrons. The molecule has 0 fully saturated rings. The van der Waals surface area contributed by atoms with Gasteiger partial charge in [-0.3, -0.25) is 0 Å². The zero-order valence-corrected chi connectivity index (χ0v) is 12.7. The number of hydrogen-bond acceptors (Lipinski definition) is 0. The summed E-state index contributed by atoms with van der Waals surface area (Å²) in [6.45, 7) is 3.98. The van der Waals surface area contributed by atoms with Crippen LogP contribution in [0.2, 0.25) is 0 Å². The highest BCUT2D eigenvalue weighted by Crippen LogP contribution is 2.35. The third kappa shape index (κ3) is 5.09. The largest absolute Gasteiger partial charge is 0.673 e. The molecule has 1 aromatic rings. The molecule has 0 aromatic carbocycles. The molecule has 0 spiro atoms. The van der Waals surface area contributed by atoms with E-state index in [1.54, 1.807) is 0 Å². The fourth-order valence-electron chi connectivity index (χ4n) is 2.41. The predicted molar refractivity (Wildman–Crippen MR) is 84.8 cm³/mol. The van der Waals surface area contributed by atoms with Crippen molar-refractivity contribution in [2.45, 2.75) is 13.8 Å². The molecule has 1 aromatic heterocycles. The average Bonchev–Trinajstić information content (AvgIpc) is 2.65. The van der Waals surface area contributed by atoms with E-state index < -0.39 is 7.25 Å². The molecule has 0 atom stereocenters. The Morgan fingerprint density at radius 1 is 0.696 bits per heavy atom. The lowest BCUT2D eigenvalue weighted by Crippen LogP contribution is -2.02. The van der Waals surface area contributed by atoms with Crippen molar-refractivity contribution in [2.75, 3.05) is 0 Å². The first kappa shape index (κ1) is 17.0. The molecule has 2 aliphatic rings. The molecule has 0 amide bonds. The Hall–Kier alpha value is -2.37. The minimum absolute atomic E-state index is 0.944. The molecule has 1 heterocycles. The molecular weight excluding hydrogens is 307 g/mol. The van der Waals surface area contributed by atoms with Crippen molar-refractivity contribution >= 4 is 7.25 Å². The Kier molecular flexibility index (Phi) is 5.03. The number of halogens is 4. The van der Waals surface area contributed by atoms with Crippen LogP contribution < -0.4 is 0 Å². The molecule has 1 nitrogen and oxygen atoms in total. The van der Waals surface area contributed by atoms with Gasteiger partial charge in [0.15, 0.2) is 0 Å². The summed E-state index contributed by atoms with van der Waals surface area (Å²) in [6, 6.07) is 19.1. The van der Waals surface area contributed by atoms with Crippen LogP contribution in [-0.4, -0.2) is 7.25 Å². The Labute approximate surface area is 132 Å². The maximum Gasteiger partial charge on any atom is 0.673 e. The summed E-state index contributed by atoms with van der Waals surface area (Å²) in [4.78, 5) is 0. The fourth-order valence-corrected chi connectivity index (χ4v) is 2.41. The van der Waals surface area contributed by atoms with Crippen molar-refractivity contribution in [2.24, 2.45) is 0 Å². The summed E-state index contributed by atoms with van der Waals surface area (Å²) in [6.07, 6.45) is 0. The summed E-state index contributed by atoms with van der Waals surface area (Å²) in [7, 11) is -6.00. The first-order valence-corrected chi connectivity index (χ1v) is 7.01. The second-order valence-corrected chi connectivity index (χ2v) is 5.09. The van der Waals surface area contributed by atoms with E-state index in [9.17, 15) is 17.3 Å². The van der Waals surface area contributed by atoms with Gasteiger partial charge in [-0.2, -0.15) is 0 Å². The van der Waals surface area contributed by atoms with Gasteiger partial charge in [-0.25, -0.2) is 4.42 Å². The number of aryl methyl sites for hydroxylation is 2. The van der Waals surface area contributed by atoms with Crippen molar-refractivity contribution in [1.82, 2.24) is 0 Å². The highest BCUT2D eigenvalue weighted by atomic mass is 19.5. The van der Waals surface area contributed by atoms with Crippen LogP contribution >= 0.6 is 0 Å². The molecule has 3 rings (SSSR count). The van der Waals surface area contributed by atoms with Gasteiger partial charge in [0.05, 0.1) is 13.8 Å². The van der Waals surface area contributed by atoms with Crippen LogP contribution in [0, 0.1) is 13.8 Å². The van der Waals surface area contributed by atoms with Crippen molar-refractivity contribution in [3.05, 3.63) is 66.1 Å². The van der Waals surface area contributed by atoms with Gasteiger partial charge in [-0.15, -0.1) is 0 Å². The van der Waals surface area contributed by atoms with E-state index in [-0.39, 0.29) is 0 Å². The molecule has 0 saturated heterocycles. The van der Waals surface area contributed by atoms with Gasteiger partial charge < -0.3 is 17.3 Å². The van der Waals surface area contributed by atoms with E-state index >= 15 is 0 Å². The monoisotopic (exact) mass is 322 g/mol. The second-order valence-electron chi connectivity index (χ2n) is 5.09. The van der Waals surface area contributed by atoms with E-state index in [1.807, 2.05) is 13.8 Å². The summed E-state index contributed by atoms with van der Waals surface area (Å²) in [5.41, 5.74) is 5.04. The smallest absolute Gasteiger partial charge is 0.418 e. The van der Waals surface area contributed by atoms with Crippen molar-refractivity contribution in [1.29, 1.82) is 0 Å². The van der Waals surface area contributed by atoms with Gasteiger partial charge in [0.1, 0.15) is 0 Å². The molecule has 0 aliphatic heterocycles. The van der Waals surface area contributed by atoms with E-state index in [1.165, 1.54) is 22.3 Å². The molecule has 0 N–H and O–H groups in total. The molecule has 6 heteroatoms. The molecule has 0 saturated carbocycles. The van der Waals surface area contributed by atoms with Crippen LogP contribution in [0.5, 0.6) is 0 Å². The molecule has 0 radical (unpaired) electrons. The highest BCUT2D eigenvalue weighted by molar-refractivity contribution is 6.50. The fraction of sp³-hybridized carbons (Fsp3) is 0.118. The van der Waals surface area contributed by atoms with Crippen LogP contribution in [0.4, 0.5) is 17.3 Å². The molecule has 0 bridgehead atoms. The minimum Gasteiger partial charge on any atom is -0.418 e. The van der Waals surface area contributed by atoms with Crippen LogP contribution in [0.25, 0.3) is 22.3 Å². The quantitative estimate of drug-likeness (QED) is 0.293. The van der Waals surface area contributed by atoms with Crippen LogP contribution in [-0.2, 0) is 0 Å². The van der Waals surface area contributed by atoms with Crippen LogP contribution in [0.15, 0.2) is 59.0 Å². The first-order chi connectivity index (χ1) is 10.7. The Morgan fingerprint density at radius 2 is 1.22 bits per heavy atom. The second kappa shape index (κ2) is 6.81. The lowest BCUT2D eigenvalue weighted by molar-refractivity contribution is 0.368. The predicted octanol–water partition coefficient (Wildman–Crippen LogP) is 6.25. The van der Waals surface area contributed by atoms with E-state index in [2.05, 4.69) is 54.6 Å². The van der Waals surface area contributed by atoms with Crippen molar-refractivity contribution in [3.8, 4) is 22.3 Å². The van der Waals surface area contributed by atoms with E-state index in [0.29, 0.717) is 0 Å². The summed E-state index contributed by atoms with van der Waals surface area (Å²) >= 11 is 0. The third-order valence-corrected chi connectivity index (χ3v) is 3.14. The standard InChI is InChI=1S/C17H15O.BF4/c1-12-10-15(11-13(2)18-12)17-9-8-14-6-4-3-5-7-16(14)17;2-1(3,4)5/h3-11H,1-2H3;/q+1;-1. The Morgan fingerprint density at radius 3 is 1.83 bits per heavy atom. The topological polar surface area (TPSA) is 11.3 Å². The average molecular weight is 322 g/mol. The van der Waals surface area contributed by atoms with Gasteiger partial charge >= 0.3 is 18.8 Å². The maximum absolute atomic E-state index is 9.75. The first-order valence-electron chi connectivity index (χ1n) is 7.01. The van der Waals surface area contributed by atoms with Gasteiger partial charge in [0.25, 0.3) is 0 Å². The molecule has 0 unspecified atom stereocenters. The zero-order valence-electron chi connectivity index (χ0n) is 12.7. The molecular formula is C17H15BF4O. The van der Waals surface area contributed by atoms with Crippen molar-refractivity contribution < 1.29 is 21.7 Å². The van der Waals surface area contributed by atoms with Crippen LogP contribution in [0.3, 0.4) is 0 Å². The van der Waals surface area contributed by atoms with Gasteiger partial charge in [-0.1, -0.05) is 42.5 Å². The lowest BCUT2D eigenvalue weighted by atomic mass is 10.0. The number of rotatable bonds is 1. The third-order valence-electron chi connectivity index (χ3n) is 3.14. The Bertz CT molecular complexity index is 744. The normalized spacial score (nSPS) is 11.0. The van der Waals surface area contributed by atoms with E-state index in [0.717, 1.165) is 11.5 Å². The SMILES string of the molecule is Cc1cc(-c2ccc3cccccc2-3)cc(C)[o+]1.F[B-](F)(F)F. The minimum atomic E-state index is -6.00. The van der Waals surface area contributed by atoms with Crippen molar-refractivity contribution in [3.63, 3.8) is 0 Å². The summed E-state index contributed by atoms with van der Waals surface area (Å²) in [5.74, 6) is 1.89. The zero-order chi connectivity index (χ0) is 17.0. The Balaban J connectivity index is 0.000000338. The van der Waals surface area contributed by atoms with Gasteiger partial charge in [-0.05, 0) is 16.7 Å². The van der Waals surface area contributed by atoms with E-state index in [4.69, 9.17) is 4.42 Å². The molecule has 23 heavy (non-hydrogen) atoms. The summed E-state index contributed by atoms with van der Waals surface area (Å²) in [5, 5.41) is 0. The molecule has 2 aliphatic carbocycles. The summed E-state index contributed by atoms with van der Waals surface area (Å²) < 4.78 is 44.5. The van der Waals surface area contributed by atoms with Gasteiger partial charge in [0.2, 0.25) is 0 Å². The maximum atomic E-state index is 9.75. The number of fused-ring (bicyclic) bond motifs is 1. The number of hydrogen-bond donors (Lipinski definition) is 0. The van der Waals surface area contributed by atoms with Gasteiger partial charge in [0, 0.05) is 17.7 Å².